The van der Waals surface area contributed by atoms with Crippen molar-refractivity contribution >= 4 is 41.5 Å². The number of nitrogens with zero attached hydrogens (tertiary/aromatic N) is 3. The van der Waals surface area contributed by atoms with Gasteiger partial charge in [0, 0.05) is 38.4 Å². The Hall–Kier alpha value is -2.88. The number of anilines is 1. The molecule has 0 saturated carbocycles. The number of halogens is 1. The van der Waals surface area contributed by atoms with Gasteiger partial charge in [0.15, 0.2) is 5.96 Å². The van der Waals surface area contributed by atoms with Crippen molar-refractivity contribution in [3.63, 3.8) is 0 Å². The van der Waals surface area contributed by atoms with Gasteiger partial charge >= 0.3 is 0 Å². The number of aromatic nitrogens is 2. The monoisotopic (exact) mass is 532 g/mol. The minimum atomic E-state index is -0.0844. The first-order chi connectivity index (χ1) is 14.5. The highest BCUT2D eigenvalue weighted by Gasteiger charge is 2.09. The number of amides is 1. The summed E-state index contributed by atoms with van der Waals surface area (Å²) in [5, 5.41) is 14.1. The Morgan fingerprint density at radius 1 is 1.03 bits per heavy atom. The maximum absolute atomic E-state index is 11.2. The number of hydrogen-bond donors (Lipinski definition) is 3. The van der Waals surface area contributed by atoms with Crippen molar-refractivity contribution in [2.45, 2.75) is 33.9 Å². The van der Waals surface area contributed by atoms with Gasteiger partial charge in [-0.1, -0.05) is 30.3 Å². The number of benzene rings is 2. The van der Waals surface area contributed by atoms with E-state index in [2.05, 4.69) is 51.2 Å². The number of para-hydroxylation sites is 1. The van der Waals surface area contributed by atoms with Crippen molar-refractivity contribution in [1.82, 2.24) is 20.4 Å². The van der Waals surface area contributed by atoms with Crippen molar-refractivity contribution in [1.29, 1.82) is 0 Å². The van der Waals surface area contributed by atoms with E-state index in [0.717, 1.165) is 33.9 Å². The normalized spacial score (nSPS) is 10.9. The lowest BCUT2D eigenvalue weighted by molar-refractivity contribution is -0.114. The molecule has 3 N–H and O–H groups in total. The third-order valence-corrected chi connectivity index (χ3v) is 4.61. The van der Waals surface area contributed by atoms with Gasteiger partial charge in [0.25, 0.3) is 0 Å². The Kier molecular flexibility index (Phi) is 9.04. The third-order valence-electron chi connectivity index (χ3n) is 4.61. The summed E-state index contributed by atoms with van der Waals surface area (Å²) in [5.74, 6) is 0.613. The summed E-state index contributed by atoms with van der Waals surface area (Å²) >= 11 is 0. The standard InChI is InChI=1S/C23H28N6O.HI/c1-16-12-17(2)29(28-16)22-11-6-5-9-20(22)15-26-23(24-4)25-14-19-8-7-10-21(13-19)27-18(3)30;/h5-13H,14-15H2,1-4H3,(H,27,30)(H2,24,25,26);1H. The second-order valence-corrected chi connectivity index (χ2v) is 7.13. The summed E-state index contributed by atoms with van der Waals surface area (Å²) in [6.07, 6.45) is 0. The molecule has 164 valence electrons. The van der Waals surface area contributed by atoms with E-state index in [1.807, 2.05) is 48.0 Å². The van der Waals surface area contributed by atoms with Crippen LogP contribution in [0.25, 0.3) is 5.69 Å². The van der Waals surface area contributed by atoms with Crippen molar-refractivity contribution < 1.29 is 4.79 Å². The van der Waals surface area contributed by atoms with Crippen LogP contribution in [-0.2, 0) is 17.9 Å². The highest BCUT2D eigenvalue weighted by atomic mass is 127. The van der Waals surface area contributed by atoms with E-state index in [-0.39, 0.29) is 29.9 Å². The van der Waals surface area contributed by atoms with E-state index in [0.29, 0.717) is 19.0 Å². The first kappa shape index (κ1) is 24.4. The van der Waals surface area contributed by atoms with Crippen LogP contribution in [0.15, 0.2) is 59.6 Å². The van der Waals surface area contributed by atoms with Gasteiger partial charge in [0.2, 0.25) is 5.91 Å². The van der Waals surface area contributed by atoms with Crippen LogP contribution in [0.2, 0.25) is 0 Å². The van der Waals surface area contributed by atoms with Gasteiger partial charge in [-0.25, -0.2) is 4.68 Å². The lowest BCUT2D eigenvalue weighted by Gasteiger charge is -2.15. The maximum Gasteiger partial charge on any atom is 0.221 e. The summed E-state index contributed by atoms with van der Waals surface area (Å²) < 4.78 is 1.97. The molecular formula is C23H29IN6O. The SMILES string of the molecule is CN=C(NCc1cccc(NC(C)=O)c1)NCc1ccccc1-n1nc(C)cc1C.I. The quantitative estimate of drug-likeness (QED) is 0.255. The number of hydrogen-bond acceptors (Lipinski definition) is 3. The molecule has 0 aliphatic rings. The maximum atomic E-state index is 11.2. The fourth-order valence-corrected chi connectivity index (χ4v) is 3.29. The van der Waals surface area contributed by atoms with E-state index in [1.165, 1.54) is 6.92 Å². The molecular weight excluding hydrogens is 503 g/mol. The topological polar surface area (TPSA) is 83.3 Å². The molecule has 3 aromatic rings. The predicted octanol–water partition coefficient (Wildman–Crippen LogP) is 3.93. The molecule has 8 heteroatoms. The molecule has 0 atom stereocenters. The van der Waals surface area contributed by atoms with Crippen LogP contribution in [0.5, 0.6) is 0 Å². The lowest BCUT2D eigenvalue weighted by Crippen LogP contribution is -2.36. The number of nitrogens with one attached hydrogen (secondary N) is 3. The first-order valence-electron chi connectivity index (χ1n) is 9.89. The number of carbonyl (C=O) groups excluding carboxylic acids is 1. The van der Waals surface area contributed by atoms with Crippen LogP contribution in [0.1, 0.15) is 29.4 Å². The average molecular weight is 532 g/mol. The Morgan fingerprint density at radius 2 is 1.77 bits per heavy atom. The van der Waals surface area contributed by atoms with Crippen LogP contribution < -0.4 is 16.0 Å². The fraction of sp³-hybridized carbons (Fsp3) is 0.261. The van der Waals surface area contributed by atoms with Gasteiger partial charge in [-0.3, -0.25) is 9.79 Å². The summed E-state index contributed by atoms with van der Waals surface area (Å²) in [6.45, 7) is 6.75. The molecule has 0 fully saturated rings. The van der Waals surface area contributed by atoms with Gasteiger partial charge in [-0.15, -0.1) is 24.0 Å². The number of guanidine groups is 1. The summed E-state index contributed by atoms with van der Waals surface area (Å²) in [4.78, 5) is 15.6. The van der Waals surface area contributed by atoms with E-state index in [4.69, 9.17) is 0 Å². The molecule has 0 unspecified atom stereocenters. The van der Waals surface area contributed by atoms with Crippen LogP contribution in [0.4, 0.5) is 5.69 Å². The molecule has 7 nitrogen and oxygen atoms in total. The molecule has 0 spiro atoms. The van der Waals surface area contributed by atoms with Crippen molar-refractivity contribution in [3.05, 3.63) is 77.1 Å². The zero-order valence-electron chi connectivity index (χ0n) is 18.3. The zero-order chi connectivity index (χ0) is 21.5. The minimum Gasteiger partial charge on any atom is -0.352 e. The minimum absolute atomic E-state index is 0. The van der Waals surface area contributed by atoms with Crippen LogP contribution in [0.3, 0.4) is 0 Å². The summed E-state index contributed by atoms with van der Waals surface area (Å²) in [5.41, 5.74) is 6.10. The van der Waals surface area contributed by atoms with Crippen molar-refractivity contribution in [2.75, 3.05) is 12.4 Å². The first-order valence-corrected chi connectivity index (χ1v) is 9.89. The van der Waals surface area contributed by atoms with Crippen LogP contribution in [0, 0.1) is 13.8 Å². The van der Waals surface area contributed by atoms with Gasteiger partial charge in [0.05, 0.1) is 11.4 Å². The number of aliphatic imine (C=N–C) groups is 1. The summed E-state index contributed by atoms with van der Waals surface area (Å²) in [6, 6.07) is 18.0. The number of rotatable bonds is 6. The smallest absolute Gasteiger partial charge is 0.221 e. The van der Waals surface area contributed by atoms with Crippen molar-refractivity contribution in [3.8, 4) is 5.69 Å². The molecule has 0 saturated heterocycles. The molecule has 0 aliphatic carbocycles. The van der Waals surface area contributed by atoms with Gasteiger partial charge < -0.3 is 16.0 Å². The van der Waals surface area contributed by atoms with E-state index in [1.54, 1.807) is 7.05 Å². The highest BCUT2D eigenvalue weighted by molar-refractivity contribution is 14.0. The molecule has 1 heterocycles. The van der Waals surface area contributed by atoms with Gasteiger partial charge in [-0.2, -0.15) is 5.10 Å². The second-order valence-electron chi connectivity index (χ2n) is 7.13. The molecule has 1 aromatic heterocycles. The Bertz CT molecular complexity index is 1060. The molecule has 3 rings (SSSR count). The highest BCUT2D eigenvalue weighted by Crippen LogP contribution is 2.17. The second kappa shape index (κ2) is 11.5. The average Bonchev–Trinajstić information content (AvgIpc) is 3.06. The fourth-order valence-electron chi connectivity index (χ4n) is 3.29. The Balaban J connectivity index is 0.00000341. The Morgan fingerprint density at radius 3 is 2.45 bits per heavy atom. The van der Waals surface area contributed by atoms with Gasteiger partial charge in [-0.05, 0) is 49.2 Å². The molecule has 0 aliphatic heterocycles. The largest absolute Gasteiger partial charge is 0.352 e. The number of aryl methyl sites for hydroxylation is 2. The third kappa shape index (κ3) is 6.81. The van der Waals surface area contributed by atoms with Crippen LogP contribution in [-0.4, -0.2) is 28.7 Å². The molecule has 2 aromatic carbocycles. The molecule has 0 bridgehead atoms. The summed E-state index contributed by atoms with van der Waals surface area (Å²) in [7, 11) is 1.75. The van der Waals surface area contributed by atoms with Crippen LogP contribution >= 0.6 is 24.0 Å². The predicted molar refractivity (Wildman–Crippen MR) is 136 cm³/mol. The van der Waals surface area contributed by atoms with E-state index >= 15 is 0 Å². The van der Waals surface area contributed by atoms with Crippen molar-refractivity contribution in [2.24, 2.45) is 4.99 Å². The number of carbonyl (C=O) groups is 1. The van der Waals surface area contributed by atoms with E-state index < -0.39 is 0 Å². The van der Waals surface area contributed by atoms with Gasteiger partial charge in [0.1, 0.15) is 0 Å². The van der Waals surface area contributed by atoms with E-state index in [9.17, 15) is 4.79 Å². The molecule has 1 amide bonds. The molecule has 31 heavy (non-hydrogen) atoms. The lowest BCUT2D eigenvalue weighted by atomic mass is 10.1. The zero-order valence-corrected chi connectivity index (χ0v) is 20.6. The molecule has 0 radical (unpaired) electrons. The Labute approximate surface area is 200 Å².